The predicted octanol–water partition coefficient (Wildman–Crippen LogP) is 3.41. The lowest BCUT2D eigenvalue weighted by Crippen LogP contribution is -2.24. The van der Waals surface area contributed by atoms with Crippen LogP contribution in [0.4, 0.5) is 5.82 Å². The zero-order valence-electron chi connectivity index (χ0n) is 14.8. The van der Waals surface area contributed by atoms with Gasteiger partial charge in [0, 0.05) is 29.2 Å². The first-order valence-electron chi connectivity index (χ1n) is 8.36. The molecule has 1 unspecified atom stereocenters. The van der Waals surface area contributed by atoms with Crippen LogP contribution in [-0.2, 0) is 11.2 Å². The number of methoxy groups -OCH3 is 1. The average molecular weight is 341 g/mol. The molecule has 0 fully saturated rings. The maximum atomic E-state index is 12.2. The maximum Gasteiger partial charge on any atom is 0.226 e. The molecular weight excluding hydrogens is 318 g/mol. The Kier molecular flexibility index (Phi) is 4.79. The Labute approximate surface area is 147 Å². The van der Waals surface area contributed by atoms with Gasteiger partial charge < -0.3 is 14.8 Å². The number of aromatic amines is 1. The fourth-order valence-electron chi connectivity index (χ4n) is 3.18. The summed E-state index contributed by atoms with van der Waals surface area (Å²) in [7, 11) is 1.61. The summed E-state index contributed by atoms with van der Waals surface area (Å²) < 4.78 is 11.5. The van der Waals surface area contributed by atoms with Crippen LogP contribution < -0.4 is 14.8 Å². The third-order valence-electron chi connectivity index (χ3n) is 4.30. The van der Waals surface area contributed by atoms with Gasteiger partial charge in [-0.3, -0.25) is 9.89 Å². The van der Waals surface area contributed by atoms with Crippen LogP contribution in [0.25, 0.3) is 0 Å². The van der Waals surface area contributed by atoms with E-state index in [2.05, 4.69) is 29.0 Å². The van der Waals surface area contributed by atoms with Crippen LogP contribution in [0.1, 0.15) is 43.0 Å². The molecule has 1 aliphatic rings. The van der Waals surface area contributed by atoms with Gasteiger partial charge >= 0.3 is 0 Å². The Bertz CT molecular complexity index is 810. The molecule has 0 bridgehead atoms. The van der Waals surface area contributed by atoms with Gasteiger partial charge in [0.25, 0.3) is 0 Å². The quantitative estimate of drug-likeness (QED) is 0.790. The lowest BCUT2D eigenvalue weighted by molar-refractivity contribution is -0.116. The Hall–Kier alpha value is -2.76. The van der Waals surface area contributed by atoms with Crippen molar-refractivity contribution in [2.45, 2.75) is 32.6 Å². The van der Waals surface area contributed by atoms with E-state index in [0.717, 1.165) is 28.8 Å². The number of carbonyl (C=O) groups excluding carboxylic acids is 1. The minimum absolute atomic E-state index is 0.0553. The SMILES string of the molecule is C=C(C)COc1c(OC)cccc1C1CC(=O)Nc2n[nH]c(CC)c21. The highest BCUT2D eigenvalue weighted by Crippen LogP contribution is 2.44. The summed E-state index contributed by atoms with van der Waals surface area (Å²) in [6.07, 6.45) is 1.15. The largest absolute Gasteiger partial charge is 0.493 e. The Morgan fingerprint density at radius 3 is 2.92 bits per heavy atom. The molecule has 132 valence electrons. The van der Waals surface area contributed by atoms with Crippen molar-refractivity contribution in [3.8, 4) is 11.5 Å². The standard InChI is InChI=1S/C19H23N3O3/c1-5-14-17-13(9-16(23)20-19(17)22-21-14)12-7-6-8-15(24-4)18(12)25-10-11(2)3/h6-8,13H,2,5,9-10H2,1,3-4H3,(H2,20,21,22,23). The fourth-order valence-corrected chi connectivity index (χ4v) is 3.18. The number of rotatable bonds is 6. The molecule has 0 saturated carbocycles. The molecule has 3 rings (SSSR count). The number of aromatic nitrogens is 2. The first-order chi connectivity index (χ1) is 12.0. The molecule has 6 heteroatoms. The van der Waals surface area contributed by atoms with Crippen LogP contribution in [0.3, 0.4) is 0 Å². The molecule has 1 aliphatic heterocycles. The number of anilines is 1. The third-order valence-corrected chi connectivity index (χ3v) is 4.30. The molecule has 2 heterocycles. The number of hydrogen-bond donors (Lipinski definition) is 2. The van der Waals surface area contributed by atoms with E-state index in [4.69, 9.17) is 9.47 Å². The van der Waals surface area contributed by atoms with Crippen molar-refractivity contribution in [1.29, 1.82) is 0 Å². The number of aryl methyl sites for hydroxylation is 1. The van der Waals surface area contributed by atoms with Gasteiger partial charge in [0.1, 0.15) is 6.61 Å². The molecule has 1 aromatic heterocycles. The molecule has 0 aliphatic carbocycles. The minimum Gasteiger partial charge on any atom is -0.493 e. The number of fused-ring (bicyclic) bond motifs is 1. The van der Waals surface area contributed by atoms with Crippen molar-refractivity contribution in [1.82, 2.24) is 10.2 Å². The van der Waals surface area contributed by atoms with Crippen molar-refractivity contribution in [3.05, 3.63) is 47.2 Å². The molecule has 2 aromatic rings. The molecular formula is C19H23N3O3. The summed E-state index contributed by atoms with van der Waals surface area (Å²) in [6.45, 7) is 8.25. The number of hydrogen-bond acceptors (Lipinski definition) is 4. The van der Waals surface area contributed by atoms with Gasteiger partial charge in [-0.2, -0.15) is 5.10 Å². The molecule has 0 spiro atoms. The number of nitrogens with one attached hydrogen (secondary N) is 2. The number of benzene rings is 1. The topological polar surface area (TPSA) is 76.2 Å². The molecule has 25 heavy (non-hydrogen) atoms. The van der Waals surface area contributed by atoms with Crippen LogP contribution in [0.15, 0.2) is 30.4 Å². The fraction of sp³-hybridized carbons (Fsp3) is 0.368. The highest BCUT2D eigenvalue weighted by molar-refractivity contribution is 5.94. The summed E-state index contributed by atoms with van der Waals surface area (Å²) in [5.41, 5.74) is 3.88. The van der Waals surface area contributed by atoms with Gasteiger partial charge in [-0.25, -0.2) is 0 Å². The first-order valence-corrected chi connectivity index (χ1v) is 8.36. The summed E-state index contributed by atoms with van der Waals surface area (Å²) >= 11 is 0. The van der Waals surface area contributed by atoms with Crippen LogP contribution >= 0.6 is 0 Å². The van der Waals surface area contributed by atoms with Gasteiger partial charge in [-0.15, -0.1) is 0 Å². The molecule has 6 nitrogen and oxygen atoms in total. The smallest absolute Gasteiger partial charge is 0.226 e. The van der Waals surface area contributed by atoms with Crippen molar-refractivity contribution in [3.63, 3.8) is 0 Å². The third kappa shape index (κ3) is 3.24. The number of carbonyl (C=O) groups is 1. The van der Waals surface area contributed by atoms with Gasteiger partial charge in [0.05, 0.1) is 7.11 Å². The van der Waals surface area contributed by atoms with E-state index in [9.17, 15) is 4.79 Å². The van der Waals surface area contributed by atoms with Gasteiger partial charge in [-0.1, -0.05) is 25.6 Å². The highest BCUT2D eigenvalue weighted by atomic mass is 16.5. The van der Waals surface area contributed by atoms with E-state index < -0.39 is 0 Å². The van der Waals surface area contributed by atoms with Crippen LogP contribution in [0.2, 0.25) is 0 Å². The molecule has 2 N–H and O–H groups in total. The highest BCUT2D eigenvalue weighted by Gasteiger charge is 2.33. The van der Waals surface area contributed by atoms with E-state index in [1.807, 2.05) is 25.1 Å². The number of H-pyrrole nitrogens is 1. The van der Waals surface area contributed by atoms with Gasteiger partial charge in [-0.05, 0) is 25.0 Å². The predicted molar refractivity (Wildman–Crippen MR) is 96.4 cm³/mol. The van der Waals surface area contributed by atoms with Crippen molar-refractivity contribution >= 4 is 11.7 Å². The first kappa shape index (κ1) is 17.1. The van der Waals surface area contributed by atoms with Crippen molar-refractivity contribution < 1.29 is 14.3 Å². The molecule has 0 saturated heterocycles. The summed E-state index contributed by atoms with van der Waals surface area (Å²) in [5, 5.41) is 10.1. The molecule has 1 aromatic carbocycles. The van der Waals surface area contributed by atoms with E-state index in [-0.39, 0.29) is 11.8 Å². The Morgan fingerprint density at radius 2 is 2.24 bits per heavy atom. The second kappa shape index (κ2) is 7.01. The lowest BCUT2D eigenvalue weighted by atomic mass is 9.84. The van der Waals surface area contributed by atoms with Crippen molar-refractivity contribution in [2.24, 2.45) is 0 Å². The molecule has 1 atom stereocenters. The zero-order valence-corrected chi connectivity index (χ0v) is 14.8. The summed E-state index contributed by atoms with van der Waals surface area (Å²) in [5.74, 6) is 1.72. The van der Waals surface area contributed by atoms with Crippen LogP contribution in [0.5, 0.6) is 11.5 Å². The van der Waals surface area contributed by atoms with E-state index in [1.54, 1.807) is 7.11 Å². The second-order valence-corrected chi connectivity index (χ2v) is 6.25. The van der Waals surface area contributed by atoms with Gasteiger partial charge in [0.2, 0.25) is 5.91 Å². The minimum atomic E-state index is -0.132. The normalized spacial score (nSPS) is 16.1. The summed E-state index contributed by atoms with van der Waals surface area (Å²) in [4.78, 5) is 12.2. The van der Waals surface area contributed by atoms with Crippen molar-refractivity contribution in [2.75, 3.05) is 19.0 Å². The van der Waals surface area contributed by atoms with E-state index >= 15 is 0 Å². The summed E-state index contributed by atoms with van der Waals surface area (Å²) in [6, 6.07) is 5.76. The molecule has 1 amide bonds. The number of nitrogens with zero attached hydrogens (tertiary/aromatic N) is 1. The van der Waals surface area contributed by atoms with Gasteiger partial charge in [0.15, 0.2) is 17.3 Å². The maximum absolute atomic E-state index is 12.2. The number of ether oxygens (including phenoxy) is 2. The second-order valence-electron chi connectivity index (χ2n) is 6.25. The van der Waals surface area contributed by atoms with E-state index in [1.165, 1.54) is 0 Å². The monoisotopic (exact) mass is 341 g/mol. The zero-order chi connectivity index (χ0) is 18.0. The average Bonchev–Trinajstić information content (AvgIpc) is 3.01. The Morgan fingerprint density at radius 1 is 1.44 bits per heavy atom. The number of para-hydroxylation sites is 1. The van der Waals surface area contributed by atoms with E-state index in [0.29, 0.717) is 30.3 Å². The number of amides is 1. The van der Waals surface area contributed by atoms with Crippen LogP contribution in [0, 0.1) is 0 Å². The molecule has 0 radical (unpaired) electrons. The van der Waals surface area contributed by atoms with Crippen LogP contribution in [-0.4, -0.2) is 29.8 Å². The lowest BCUT2D eigenvalue weighted by Gasteiger charge is -2.26. The Balaban J connectivity index is 2.11.